The number of rotatable bonds is 7. The summed E-state index contributed by atoms with van der Waals surface area (Å²) < 4.78 is 18.1. The van der Waals surface area contributed by atoms with Crippen molar-refractivity contribution in [2.45, 2.75) is 18.9 Å². The van der Waals surface area contributed by atoms with Gasteiger partial charge in [-0.15, -0.1) is 0 Å². The molecule has 1 aliphatic carbocycles. The fraction of sp³-hybridized carbons (Fsp3) is 0.172. The predicted molar refractivity (Wildman–Crippen MR) is 138 cm³/mol. The number of anilines is 1. The van der Waals surface area contributed by atoms with E-state index >= 15 is 0 Å². The summed E-state index contributed by atoms with van der Waals surface area (Å²) in [6, 6.07) is 23.3. The molecule has 1 heterocycles. The number of ether oxygens (including phenoxy) is 3. The number of fused-ring (bicyclic) bond motifs is 1. The van der Waals surface area contributed by atoms with Gasteiger partial charge in [-0.05, 0) is 90.7 Å². The molecule has 1 atom stereocenters. The first kappa shape index (κ1) is 23.2. The molecule has 0 bridgehead atoms. The molecule has 1 N–H and O–H groups in total. The highest BCUT2D eigenvalue weighted by Crippen LogP contribution is 2.38. The Morgan fingerprint density at radius 1 is 0.861 bits per heavy atom. The van der Waals surface area contributed by atoms with Crippen LogP contribution in [0.15, 0.2) is 89.9 Å². The molecule has 7 nitrogen and oxygen atoms in total. The Hall–Kier alpha value is -4.52. The van der Waals surface area contributed by atoms with Crippen LogP contribution in [0.3, 0.4) is 0 Å². The first-order valence-corrected chi connectivity index (χ1v) is 11.7. The summed E-state index contributed by atoms with van der Waals surface area (Å²) in [4.78, 5) is 26.3. The van der Waals surface area contributed by atoms with Gasteiger partial charge in [0, 0.05) is 11.9 Å². The third-order valence-electron chi connectivity index (χ3n) is 6.38. The second kappa shape index (κ2) is 10.00. The maximum Gasteiger partial charge on any atom is 0.263 e. The molecule has 4 aromatic rings. The highest BCUT2D eigenvalue weighted by atomic mass is 16.5. The molecule has 1 unspecified atom stereocenters. The minimum absolute atomic E-state index is 0.0902. The minimum Gasteiger partial charge on any atom is -0.497 e. The van der Waals surface area contributed by atoms with Crippen molar-refractivity contribution in [3.05, 3.63) is 112 Å². The normalized spacial score (nSPS) is 14.1. The van der Waals surface area contributed by atoms with E-state index in [1.807, 2.05) is 42.5 Å². The lowest BCUT2D eigenvalue weighted by Crippen LogP contribution is -2.30. The lowest BCUT2D eigenvalue weighted by molar-refractivity contribution is 0.102. The zero-order chi connectivity index (χ0) is 25.1. The molecule has 1 aliphatic rings. The summed E-state index contributed by atoms with van der Waals surface area (Å²) in [7, 11) is 3.26. The van der Waals surface area contributed by atoms with Gasteiger partial charge in [0.2, 0.25) is 0 Å². The minimum atomic E-state index is -0.456. The van der Waals surface area contributed by atoms with Crippen molar-refractivity contribution >= 4 is 11.6 Å². The molecule has 1 aromatic heterocycles. The molecule has 1 amide bonds. The van der Waals surface area contributed by atoms with Crippen LogP contribution < -0.4 is 25.1 Å². The molecule has 5 rings (SSSR count). The SMILES string of the molecule is COc1ccc(Oc2ccc(NC(=O)c3cccn(C4CCc5c(OC)cccc54)c3=O)cc2)cc1. The van der Waals surface area contributed by atoms with Gasteiger partial charge in [0.15, 0.2) is 0 Å². The van der Waals surface area contributed by atoms with Gasteiger partial charge in [0.1, 0.15) is 28.6 Å². The molecule has 0 saturated heterocycles. The fourth-order valence-electron chi connectivity index (χ4n) is 4.59. The van der Waals surface area contributed by atoms with Gasteiger partial charge in [0.05, 0.1) is 20.3 Å². The van der Waals surface area contributed by atoms with Gasteiger partial charge < -0.3 is 24.1 Å². The average Bonchev–Trinajstić information content (AvgIpc) is 3.34. The first-order chi connectivity index (χ1) is 17.6. The molecule has 0 aliphatic heterocycles. The van der Waals surface area contributed by atoms with Crippen LogP contribution in [0.4, 0.5) is 5.69 Å². The lowest BCUT2D eigenvalue weighted by atomic mass is 10.1. The average molecular weight is 483 g/mol. The number of amides is 1. The number of hydrogen-bond acceptors (Lipinski definition) is 5. The van der Waals surface area contributed by atoms with E-state index in [0.29, 0.717) is 17.2 Å². The number of hydrogen-bond donors (Lipinski definition) is 1. The van der Waals surface area contributed by atoms with E-state index in [4.69, 9.17) is 14.2 Å². The van der Waals surface area contributed by atoms with Gasteiger partial charge >= 0.3 is 0 Å². The van der Waals surface area contributed by atoms with Crippen LogP contribution in [0.5, 0.6) is 23.0 Å². The van der Waals surface area contributed by atoms with Crippen LogP contribution in [0, 0.1) is 0 Å². The van der Waals surface area contributed by atoms with Crippen LogP contribution >= 0.6 is 0 Å². The highest BCUT2D eigenvalue weighted by molar-refractivity contribution is 6.04. The topological polar surface area (TPSA) is 78.8 Å². The molecule has 182 valence electrons. The Morgan fingerprint density at radius 3 is 2.25 bits per heavy atom. The molecule has 0 fully saturated rings. The Kier molecular flexibility index (Phi) is 6.45. The summed E-state index contributed by atoms with van der Waals surface area (Å²) in [5.41, 5.74) is 2.50. The molecule has 3 aromatic carbocycles. The Morgan fingerprint density at radius 2 is 1.56 bits per heavy atom. The smallest absolute Gasteiger partial charge is 0.263 e. The first-order valence-electron chi connectivity index (χ1n) is 11.7. The predicted octanol–water partition coefficient (Wildman–Crippen LogP) is 5.45. The van der Waals surface area contributed by atoms with Gasteiger partial charge in [-0.25, -0.2) is 0 Å². The summed E-state index contributed by atoms with van der Waals surface area (Å²) in [6.45, 7) is 0. The molecule has 0 saturated carbocycles. The van der Waals surface area contributed by atoms with E-state index in [1.54, 1.807) is 61.4 Å². The highest BCUT2D eigenvalue weighted by Gasteiger charge is 2.28. The maximum atomic E-state index is 13.3. The van der Waals surface area contributed by atoms with E-state index in [1.165, 1.54) is 0 Å². The van der Waals surface area contributed by atoms with E-state index in [0.717, 1.165) is 35.5 Å². The fourth-order valence-corrected chi connectivity index (χ4v) is 4.59. The van der Waals surface area contributed by atoms with Crippen LogP contribution in [0.25, 0.3) is 0 Å². The Labute approximate surface area is 208 Å². The second-order valence-electron chi connectivity index (χ2n) is 8.47. The van der Waals surface area contributed by atoms with Crippen molar-refractivity contribution in [2.75, 3.05) is 19.5 Å². The monoisotopic (exact) mass is 482 g/mol. The zero-order valence-corrected chi connectivity index (χ0v) is 20.1. The Balaban J connectivity index is 1.31. The van der Waals surface area contributed by atoms with E-state index in [2.05, 4.69) is 5.32 Å². The number of carbonyl (C=O) groups is 1. The number of pyridine rings is 1. The molecule has 36 heavy (non-hydrogen) atoms. The van der Waals surface area contributed by atoms with Gasteiger partial charge in [-0.3, -0.25) is 9.59 Å². The van der Waals surface area contributed by atoms with Gasteiger partial charge in [-0.2, -0.15) is 0 Å². The van der Waals surface area contributed by atoms with E-state index in [-0.39, 0.29) is 17.2 Å². The molecule has 7 heteroatoms. The Bertz CT molecular complexity index is 1440. The van der Waals surface area contributed by atoms with Crippen molar-refractivity contribution < 1.29 is 19.0 Å². The summed E-state index contributed by atoms with van der Waals surface area (Å²) in [6.07, 6.45) is 3.33. The van der Waals surface area contributed by atoms with Crippen LogP contribution in [-0.4, -0.2) is 24.7 Å². The van der Waals surface area contributed by atoms with Crippen molar-refractivity contribution in [1.29, 1.82) is 0 Å². The van der Waals surface area contributed by atoms with Crippen molar-refractivity contribution in [3.8, 4) is 23.0 Å². The third kappa shape index (κ3) is 4.55. The number of nitrogens with one attached hydrogen (secondary N) is 1. The number of aromatic nitrogens is 1. The second-order valence-corrected chi connectivity index (χ2v) is 8.47. The lowest BCUT2D eigenvalue weighted by Gasteiger charge is -2.17. The number of nitrogens with zero attached hydrogens (tertiary/aromatic N) is 1. The summed E-state index contributed by atoms with van der Waals surface area (Å²) in [5.74, 6) is 2.41. The third-order valence-corrected chi connectivity index (χ3v) is 6.38. The van der Waals surface area contributed by atoms with Crippen LogP contribution in [0.1, 0.15) is 33.9 Å². The zero-order valence-electron chi connectivity index (χ0n) is 20.1. The molecule has 0 spiro atoms. The van der Waals surface area contributed by atoms with Crippen molar-refractivity contribution in [3.63, 3.8) is 0 Å². The summed E-state index contributed by atoms with van der Waals surface area (Å²) in [5, 5.41) is 2.82. The van der Waals surface area contributed by atoms with Gasteiger partial charge in [0.25, 0.3) is 11.5 Å². The van der Waals surface area contributed by atoms with Gasteiger partial charge in [-0.1, -0.05) is 12.1 Å². The number of methoxy groups -OCH3 is 2. The quantitative estimate of drug-likeness (QED) is 0.379. The van der Waals surface area contributed by atoms with Crippen molar-refractivity contribution in [2.24, 2.45) is 0 Å². The largest absolute Gasteiger partial charge is 0.497 e. The van der Waals surface area contributed by atoms with E-state index in [9.17, 15) is 9.59 Å². The molecule has 0 radical (unpaired) electrons. The van der Waals surface area contributed by atoms with Crippen LogP contribution in [0.2, 0.25) is 0 Å². The molecular formula is C29H26N2O5. The summed E-state index contributed by atoms with van der Waals surface area (Å²) >= 11 is 0. The number of benzene rings is 3. The van der Waals surface area contributed by atoms with Crippen LogP contribution in [-0.2, 0) is 6.42 Å². The number of carbonyl (C=O) groups excluding carboxylic acids is 1. The maximum absolute atomic E-state index is 13.3. The molecular weight excluding hydrogens is 456 g/mol. The van der Waals surface area contributed by atoms with Crippen molar-refractivity contribution in [1.82, 2.24) is 4.57 Å². The standard InChI is InChI=1S/C29H26N2O5/c1-34-20-12-14-22(15-13-20)36-21-10-8-19(9-11-21)30-28(32)25-6-4-18-31(29(25)33)26-17-16-24-23(26)5-3-7-27(24)35-2/h3-15,18,26H,16-17H2,1-2H3,(H,30,32). The van der Waals surface area contributed by atoms with E-state index < -0.39 is 5.91 Å².